The van der Waals surface area contributed by atoms with E-state index in [0.717, 1.165) is 32.6 Å². The zero-order valence-corrected chi connectivity index (χ0v) is 15.8. The van der Waals surface area contributed by atoms with Crippen molar-refractivity contribution in [3.63, 3.8) is 0 Å². The Balaban J connectivity index is 1.67. The Labute approximate surface area is 160 Å². The number of aromatic nitrogens is 1. The fourth-order valence-electron chi connectivity index (χ4n) is 3.25. The topological polar surface area (TPSA) is 74.5 Å². The Bertz CT molecular complexity index is 1050. The molecule has 0 bridgehead atoms. The van der Waals surface area contributed by atoms with Gasteiger partial charge in [0, 0.05) is 34.4 Å². The number of nitro groups is 1. The summed E-state index contributed by atoms with van der Waals surface area (Å²) in [6, 6.07) is 11.3. The minimum atomic E-state index is -0.384. The molecule has 138 valence electrons. The maximum absolute atomic E-state index is 11.2. The molecule has 0 saturated carbocycles. The quantitative estimate of drug-likeness (QED) is 0.362. The number of hydrogen-bond donors (Lipinski definition) is 0. The van der Waals surface area contributed by atoms with E-state index in [9.17, 15) is 10.1 Å². The van der Waals surface area contributed by atoms with Crippen LogP contribution in [0.1, 0.15) is 22.3 Å². The second-order valence-corrected chi connectivity index (χ2v) is 7.49. The number of non-ortho nitro benzene ring substituents is 1. The van der Waals surface area contributed by atoms with Gasteiger partial charge in [-0.3, -0.25) is 10.1 Å². The van der Waals surface area contributed by atoms with Crippen LogP contribution in [0.15, 0.2) is 41.4 Å². The molecule has 7 heteroatoms. The number of para-hydroxylation sites is 1. The van der Waals surface area contributed by atoms with Crippen LogP contribution in [-0.4, -0.2) is 16.7 Å². The van der Waals surface area contributed by atoms with Crippen molar-refractivity contribution in [2.24, 2.45) is 0 Å². The van der Waals surface area contributed by atoms with Gasteiger partial charge in [-0.05, 0) is 31.0 Å². The van der Waals surface area contributed by atoms with Gasteiger partial charge in [-0.25, -0.2) is 4.98 Å². The van der Waals surface area contributed by atoms with Crippen LogP contribution in [0.3, 0.4) is 0 Å². The predicted octanol–water partition coefficient (Wildman–Crippen LogP) is 4.92. The van der Waals surface area contributed by atoms with E-state index < -0.39 is 0 Å². The van der Waals surface area contributed by atoms with Gasteiger partial charge < -0.3 is 9.47 Å². The number of fused-ring (bicyclic) bond motifs is 2. The molecule has 6 nitrogen and oxygen atoms in total. The largest absolute Gasteiger partial charge is 0.467 e. The summed E-state index contributed by atoms with van der Waals surface area (Å²) in [4.78, 5) is 15.6. The van der Waals surface area contributed by atoms with E-state index in [-0.39, 0.29) is 17.4 Å². The van der Waals surface area contributed by atoms with Crippen LogP contribution in [-0.2, 0) is 17.1 Å². The standard InChI is InChI=1S/C20H18N2O4S/c1-12-4-3-5-17-13(2)6-18(21-19(12)17)27-10-15-8-16(22(23)24)7-14-9-25-11-26-20(14)15/h3-8H,9-11H2,1-2H3. The number of rotatable bonds is 4. The molecular weight excluding hydrogens is 364 g/mol. The van der Waals surface area contributed by atoms with Gasteiger partial charge in [0.2, 0.25) is 0 Å². The van der Waals surface area contributed by atoms with E-state index in [1.165, 1.54) is 6.07 Å². The molecular formula is C20H18N2O4S. The highest BCUT2D eigenvalue weighted by atomic mass is 32.2. The summed E-state index contributed by atoms with van der Waals surface area (Å²) < 4.78 is 10.9. The third kappa shape index (κ3) is 3.48. The molecule has 0 fully saturated rings. The Kier molecular flexibility index (Phi) is 4.72. The van der Waals surface area contributed by atoms with Crippen molar-refractivity contribution in [2.75, 3.05) is 6.79 Å². The first kappa shape index (κ1) is 17.8. The normalized spacial score (nSPS) is 13.3. The van der Waals surface area contributed by atoms with E-state index in [1.54, 1.807) is 17.8 Å². The summed E-state index contributed by atoms with van der Waals surface area (Å²) in [5.41, 5.74) is 4.84. The molecule has 2 heterocycles. The second kappa shape index (κ2) is 7.17. The summed E-state index contributed by atoms with van der Waals surface area (Å²) in [6.45, 7) is 4.60. The first-order valence-corrected chi connectivity index (χ1v) is 9.52. The highest BCUT2D eigenvalue weighted by molar-refractivity contribution is 7.98. The van der Waals surface area contributed by atoms with Crippen molar-refractivity contribution in [3.05, 3.63) is 68.8 Å². The van der Waals surface area contributed by atoms with Crippen LogP contribution in [0.25, 0.3) is 10.9 Å². The Morgan fingerprint density at radius 1 is 1.22 bits per heavy atom. The van der Waals surface area contributed by atoms with Crippen molar-refractivity contribution >= 4 is 28.4 Å². The van der Waals surface area contributed by atoms with E-state index in [4.69, 9.17) is 14.5 Å². The number of nitro benzene ring substituents is 1. The van der Waals surface area contributed by atoms with Crippen molar-refractivity contribution < 1.29 is 14.4 Å². The number of thioether (sulfide) groups is 1. The monoisotopic (exact) mass is 382 g/mol. The average Bonchev–Trinajstić information content (AvgIpc) is 2.66. The van der Waals surface area contributed by atoms with Crippen LogP contribution in [0.2, 0.25) is 0 Å². The number of nitrogens with zero attached hydrogens (tertiary/aromatic N) is 2. The lowest BCUT2D eigenvalue weighted by molar-refractivity contribution is -0.385. The Morgan fingerprint density at radius 2 is 2.07 bits per heavy atom. The predicted molar refractivity (Wildman–Crippen MR) is 104 cm³/mol. The minimum absolute atomic E-state index is 0.0527. The molecule has 4 rings (SSSR count). The smallest absolute Gasteiger partial charge is 0.270 e. The third-order valence-corrected chi connectivity index (χ3v) is 5.54. The Morgan fingerprint density at radius 3 is 2.89 bits per heavy atom. The summed E-state index contributed by atoms with van der Waals surface area (Å²) in [7, 11) is 0. The number of ether oxygens (including phenoxy) is 2. The van der Waals surface area contributed by atoms with E-state index >= 15 is 0 Å². The van der Waals surface area contributed by atoms with Crippen LogP contribution in [0.5, 0.6) is 5.75 Å². The van der Waals surface area contributed by atoms with Crippen molar-refractivity contribution in [3.8, 4) is 5.75 Å². The number of aryl methyl sites for hydroxylation is 2. The molecule has 1 aliphatic rings. The highest BCUT2D eigenvalue weighted by Gasteiger charge is 2.21. The van der Waals surface area contributed by atoms with Gasteiger partial charge in [0.1, 0.15) is 5.75 Å². The average molecular weight is 382 g/mol. The van der Waals surface area contributed by atoms with E-state index in [0.29, 0.717) is 23.7 Å². The lowest BCUT2D eigenvalue weighted by Crippen LogP contribution is -2.13. The third-order valence-electron chi connectivity index (χ3n) is 4.58. The van der Waals surface area contributed by atoms with Crippen LogP contribution < -0.4 is 4.74 Å². The molecule has 27 heavy (non-hydrogen) atoms. The molecule has 1 aliphatic heterocycles. The minimum Gasteiger partial charge on any atom is -0.467 e. The second-order valence-electron chi connectivity index (χ2n) is 6.50. The van der Waals surface area contributed by atoms with E-state index in [2.05, 4.69) is 19.1 Å². The van der Waals surface area contributed by atoms with Crippen LogP contribution in [0, 0.1) is 24.0 Å². The van der Waals surface area contributed by atoms with E-state index in [1.807, 2.05) is 19.1 Å². The zero-order valence-electron chi connectivity index (χ0n) is 15.0. The molecule has 3 aromatic rings. The van der Waals surface area contributed by atoms with Gasteiger partial charge in [-0.15, -0.1) is 11.8 Å². The fourth-order valence-corrected chi connectivity index (χ4v) is 4.18. The van der Waals surface area contributed by atoms with Crippen molar-refractivity contribution in [1.29, 1.82) is 0 Å². The molecule has 2 aromatic carbocycles. The van der Waals surface area contributed by atoms with Gasteiger partial charge in [0.25, 0.3) is 5.69 Å². The number of pyridine rings is 1. The first-order chi connectivity index (χ1) is 13.0. The molecule has 0 saturated heterocycles. The molecule has 0 aliphatic carbocycles. The van der Waals surface area contributed by atoms with Gasteiger partial charge in [-0.1, -0.05) is 18.2 Å². The number of hydrogen-bond acceptors (Lipinski definition) is 6. The molecule has 0 radical (unpaired) electrons. The molecule has 0 N–H and O–H groups in total. The highest BCUT2D eigenvalue weighted by Crippen LogP contribution is 2.36. The van der Waals surface area contributed by atoms with Crippen LogP contribution in [0.4, 0.5) is 5.69 Å². The SMILES string of the molecule is Cc1cc(SCc2cc([N+](=O)[O-])cc3c2OCOC3)nc2c(C)cccc12. The lowest BCUT2D eigenvalue weighted by Gasteiger charge is -2.20. The zero-order chi connectivity index (χ0) is 19.0. The number of benzene rings is 2. The summed E-state index contributed by atoms with van der Waals surface area (Å²) in [5.74, 6) is 1.22. The van der Waals surface area contributed by atoms with Crippen LogP contribution >= 0.6 is 11.8 Å². The van der Waals surface area contributed by atoms with Gasteiger partial charge in [0.15, 0.2) is 6.79 Å². The van der Waals surface area contributed by atoms with Gasteiger partial charge in [0.05, 0.1) is 22.1 Å². The van der Waals surface area contributed by atoms with Gasteiger partial charge >= 0.3 is 0 Å². The summed E-state index contributed by atoms with van der Waals surface area (Å²) in [6.07, 6.45) is 0. The maximum atomic E-state index is 11.2. The van der Waals surface area contributed by atoms with Crippen molar-refractivity contribution in [2.45, 2.75) is 31.2 Å². The fraction of sp³-hybridized carbons (Fsp3) is 0.250. The molecule has 0 unspecified atom stereocenters. The summed E-state index contributed by atoms with van der Waals surface area (Å²) >= 11 is 1.55. The molecule has 0 atom stereocenters. The molecule has 1 aromatic heterocycles. The lowest BCUT2D eigenvalue weighted by atomic mass is 10.1. The molecule has 0 amide bonds. The Hall–Kier alpha value is -2.64. The van der Waals surface area contributed by atoms with Gasteiger partial charge in [-0.2, -0.15) is 0 Å². The van der Waals surface area contributed by atoms with Crippen molar-refractivity contribution in [1.82, 2.24) is 4.98 Å². The molecule has 0 spiro atoms. The first-order valence-electron chi connectivity index (χ1n) is 8.53. The maximum Gasteiger partial charge on any atom is 0.270 e. The summed E-state index contributed by atoms with van der Waals surface area (Å²) in [5, 5.41) is 13.3.